The summed E-state index contributed by atoms with van der Waals surface area (Å²) in [7, 11) is 0. The molecule has 0 spiro atoms. The zero-order valence-corrected chi connectivity index (χ0v) is 17.5. The Kier molecular flexibility index (Phi) is 6.83. The van der Waals surface area contributed by atoms with Crippen molar-refractivity contribution < 1.29 is 14.3 Å². The smallest absolute Gasteiger partial charge is 0.247 e. The first-order chi connectivity index (χ1) is 12.9. The molecule has 3 rings (SSSR count). The quantitative estimate of drug-likeness (QED) is 0.735. The number of hydrogen-bond donors (Lipinski definition) is 1. The number of ether oxygens (including phenoxy) is 1. The van der Waals surface area contributed by atoms with Crippen LogP contribution in [0.4, 0.5) is 0 Å². The van der Waals surface area contributed by atoms with Crippen LogP contribution in [-0.2, 0) is 14.3 Å². The van der Waals surface area contributed by atoms with E-state index < -0.39 is 6.04 Å². The maximum atomic E-state index is 13.2. The normalized spacial score (nSPS) is 25.1. The van der Waals surface area contributed by atoms with Crippen LogP contribution < -0.4 is 5.32 Å². The molecule has 1 saturated heterocycles. The highest BCUT2D eigenvalue weighted by atomic mass is 16.5. The highest BCUT2D eigenvalue weighted by Crippen LogP contribution is 2.52. The standard InChI is InChI=1S/C22H38N2O3/c1-16(2)20(25)23-19(21(26)24-14-8-5-9-15-24)17(3)27-22(12-13-22)18-10-6-4-7-11-18/h16-19H,4-15H2,1-3H3,(H,23,25). The van der Waals surface area contributed by atoms with Gasteiger partial charge in [-0.3, -0.25) is 9.59 Å². The monoisotopic (exact) mass is 378 g/mol. The van der Waals surface area contributed by atoms with Gasteiger partial charge in [0.05, 0.1) is 11.7 Å². The van der Waals surface area contributed by atoms with Gasteiger partial charge in [0, 0.05) is 19.0 Å². The van der Waals surface area contributed by atoms with Gasteiger partial charge in [-0.1, -0.05) is 33.1 Å². The van der Waals surface area contributed by atoms with Crippen molar-refractivity contribution in [2.45, 2.75) is 103 Å². The predicted octanol–water partition coefficient (Wildman–Crippen LogP) is 3.66. The van der Waals surface area contributed by atoms with Gasteiger partial charge in [0.1, 0.15) is 6.04 Å². The zero-order chi connectivity index (χ0) is 19.4. The van der Waals surface area contributed by atoms with Crippen LogP contribution in [0.1, 0.15) is 85.0 Å². The molecule has 0 bridgehead atoms. The number of rotatable bonds is 7. The third-order valence-electron chi connectivity index (χ3n) is 6.74. The van der Waals surface area contributed by atoms with Gasteiger partial charge < -0.3 is 15.0 Å². The third kappa shape index (κ3) is 5.04. The van der Waals surface area contributed by atoms with E-state index in [1.54, 1.807) is 0 Å². The SMILES string of the molecule is CC(C)C(=O)NC(C(=O)N1CCCCC1)C(C)OC1(C2CCCCC2)CC1. The van der Waals surface area contributed by atoms with Crippen LogP contribution in [0.15, 0.2) is 0 Å². The van der Waals surface area contributed by atoms with Gasteiger partial charge in [0.25, 0.3) is 0 Å². The van der Waals surface area contributed by atoms with Gasteiger partial charge in [-0.25, -0.2) is 0 Å². The van der Waals surface area contributed by atoms with Crippen molar-refractivity contribution in [3.8, 4) is 0 Å². The molecule has 2 aliphatic carbocycles. The number of nitrogens with zero attached hydrogens (tertiary/aromatic N) is 1. The lowest BCUT2D eigenvalue weighted by Crippen LogP contribution is -2.57. The predicted molar refractivity (Wildman–Crippen MR) is 106 cm³/mol. The van der Waals surface area contributed by atoms with Gasteiger partial charge in [0.15, 0.2) is 0 Å². The van der Waals surface area contributed by atoms with E-state index in [-0.39, 0.29) is 29.4 Å². The Morgan fingerprint density at radius 1 is 0.963 bits per heavy atom. The molecule has 154 valence electrons. The molecule has 0 aromatic carbocycles. The van der Waals surface area contributed by atoms with Crippen LogP contribution in [0.2, 0.25) is 0 Å². The van der Waals surface area contributed by atoms with E-state index in [1.165, 1.54) is 38.5 Å². The average molecular weight is 379 g/mol. The van der Waals surface area contributed by atoms with E-state index in [0.29, 0.717) is 5.92 Å². The van der Waals surface area contributed by atoms with Gasteiger partial charge in [-0.2, -0.15) is 0 Å². The molecule has 1 heterocycles. The lowest BCUT2D eigenvalue weighted by Gasteiger charge is -2.37. The molecule has 2 amide bonds. The van der Waals surface area contributed by atoms with Crippen molar-refractivity contribution in [2.75, 3.05) is 13.1 Å². The molecule has 5 nitrogen and oxygen atoms in total. The second-order valence-electron chi connectivity index (χ2n) is 9.25. The molecule has 3 fully saturated rings. The summed E-state index contributed by atoms with van der Waals surface area (Å²) in [6.45, 7) is 7.32. The molecule has 27 heavy (non-hydrogen) atoms. The largest absolute Gasteiger partial charge is 0.369 e. The van der Waals surface area contributed by atoms with Crippen molar-refractivity contribution in [1.29, 1.82) is 0 Å². The number of piperidine rings is 1. The number of likely N-dealkylation sites (tertiary alicyclic amines) is 1. The molecule has 0 aromatic rings. The number of hydrogen-bond acceptors (Lipinski definition) is 3. The molecule has 2 atom stereocenters. The van der Waals surface area contributed by atoms with Crippen LogP contribution in [-0.4, -0.2) is 47.6 Å². The number of carbonyl (C=O) groups is 2. The zero-order valence-electron chi connectivity index (χ0n) is 17.5. The molecular weight excluding hydrogens is 340 g/mol. The van der Waals surface area contributed by atoms with Crippen molar-refractivity contribution in [1.82, 2.24) is 10.2 Å². The molecule has 2 saturated carbocycles. The Bertz CT molecular complexity index is 518. The highest BCUT2D eigenvalue weighted by molar-refractivity contribution is 5.88. The molecule has 3 aliphatic rings. The van der Waals surface area contributed by atoms with Crippen molar-refractivity contribution >= 4 is 11.8 Å². The minimum absolute atomic E-state index is 0.0376. The molecule has 1 N–H and O–H groups in total. The third-order valence-corrected chi connectivity index (χ3v) is 6.74. The Hall–Kier alpha value is -1.10. The van der Waals surface area contributed by atoms with E-state index in [2.05, 4.69) is 5.32 Å². The number of amides is 2. The Morgan fingerprint density at radius 2 is 1.56 bits per heavy atom. The Morgan fingerprint density at radius 3 is 2.11 bits per heavy atom. The second-order valence-corrected chi connectivity index (χ2v) is 9.25. The maximum absolute atomic E-state index is 13.2. The van der Waals surface area contributed by atoms with Crippen LogP contribution in [0.25, 0.3) is 0 Å². The summed E-state index contributed by atoms with van der Waals surface area (Å²) >= 11 is 0. The van der Waals surface area contributed by atoms with E-state index in [0.717, 1.165) is 38.8 Å². The molecule has 2 unspecified atom stereocenters. The molecule has 1 aliphatic heterocycles. The maximum Gasteiger partial charge on any atom is 0.247 e. The highest BCUT2D eigenvalue weighted by Gasteiger charge is 2.52. The van der Waals surface area contributed by atoms with Crippen molar-refractivity contribution in [3.63, 3.8) is 0 Å². The number of nitrogens with one attached hydrogen (secondary N) is 1. The van der Waals surface area contributed by atoms with Crippen LogP contribution in [0.3, 0.4) is 0 Å². The fraction of sp³-hybridized carbons (Fsp3) is 0.909. The first-order valence-corrected chi connectivity index (χ1v) is 11.2. The minimum atomic E-state index is -0.570. The fourth-order valence-corrected chi connectivity index (χ4v) is 4.82. The first-order valence-electron chi connectivity index (χ1n) is 11.2. The summed E-state index contributed by atoms with van der Waals surface area (Å²) in [5.74, 6) is 0.460. The number of carbonyl (C=O) groups excluding carboxylic acids is 2. The van der Waals surface area contributed by atoms with E-state index >= 15 is 0 Å². The second kappa shape index (κ2) is 8.93. The summed E-state index contributed by atoms with van der Waals surface area (Å²) < 4.78 is 6.58. The lowest BCUT2D eigenvalue weighted by molar-refractivity contribution is -0.146. The van der Waals surface area contributed by atoms with Gasteiger partial charge >= 0.3 is 0 Å². The average Bonchev–Trinajstić information content (AvgIpc) is 3.47. The summed E-state index contributed by atoms with van der Waals surface area (Å²) in [6.07, 6.45) is 11.6. The van der Waals surface area contributed by atoms with Crippen molar-refractivity contribution in [3.05, 3.63) is 0 Å². The Labute approximate surface area is 164 Å². The lowest BCUT2D eigenvalue weighted by atomic mass is 9.83. The minimum Gasteiger partial charge on any atom is -0.369 e. The summed E-state index contributed by atoms with van der Waals surface area (Å²) in [5, 5.41) is 3.01. The summed E-state index contributed by atoms with van der Waals surface area (Å²) in [4.78, 5) is 27.5. The summed E-state index contributed by atoms with van der Waals surface area (Å²) in [5.41, 5.74) is -0.0389. The Balaban J connectivity index is 1.68. The van der Waals surface area contributed by atoms with Crippen LogP contribution >= 0.6 is 0 Å². The van der Waals surface area contributed by atoms with Gasteiger partial charge in [-0.15, -0.1) is 0 Å². The van der Waals surface area contributed by atoms with E-state index in [1.807, 2.05) is 25.7 Å². The van der Waals surface area contributed by atoms with Gasteiger partial charge in [-0.05, 0) is 57.8 Å². The molecule has 0 radical (unpaired) electrons. The fourth-order valence-electron chi connectivity index (χ4n) is 4.82. The van der Waals surface area contributed by atoms with Crippen LogP contribution in [0.5, 0.6) is 0 Å². The van der Waals surface area contributed by atoms with Crippen molar-refractivity contribution in [2.24, 2.45) is 11.8 Å². The van der Waals surface area contributed by atoms with Crippen LogP contribution in [0, 0.1) is 11.8 Å². The molecule has 0 aromatic heterocycles. The van der Waals surface area contributed by atoms with Gasteiger partial charge in [0.2, 0.25) is 11.8 Å². The molecular formula is C22H38N2O3. The van der Waals surface area contributed by atoms with E-state index in [4.69, 9.17) is 4.74 Å². The molecule has 5 heteroatoms. The van der Waals surface area contributed by atoms with E-state index in [9.17, 15) is 9.59 Å². The topological polar surface area (TPSA) is 58.6 Å². The summed E-state index contributed by atoms with van der Waals surface area (Å²) in [6, 6.07) is -0.570. The first kappa shape index (κ1) is 20.6.